The lowest BCUT2D eigenvalue weighted by Gasteiger charge is -2.34. The van der Waals surface area contributed by atoms with Gasteiger partial charge in [0.2, 0.25) is 5.91 Å². The molecule has 0 aromatic carbocycles. The van der Waals surface area contributed by atoms with Crippen molar-refractivity contribution in [3.63, 3.8) is 0 Å². The Morgan fingerprint density at radius 1 is 1.22 bits per heavy atom. The molecule has 5 nitrogen and oxygen atoms in total. The summed E-state index contributed by atoms with van der Waals surface area (Å²) in [4.78, 5) is 13.6. The third-order valence-corrected chi connectivity index (χ3v) is 5.61. The highest BCUT2D eigenvalue weighted by Crippen LogP contribution is 2.22. The van der Waals surface area contributed by atoms with Gasteiger partial charge >= 0.3 is 0 Å². The zero-order chi connectivity index (χ0) is 13.2. The van der Waals surface area contributed by atoms with Gasteiger partial charge in [0.05, 0.1) is 17.5 Å². The van der Waals surface area contributed by atoms with E-state index >= 15 is 0 Å². The van der Waals surface area contributed by atoms with Crippen molar-refractivity contribution >= 4 is 27.3 Å². The molecule has 0 radical (unpaired) electrons. The van der Waals surface area contributed by atoms with E-state index in [1.165, 1.54) is 6.42 Å². The molecule has 2 fully saturated rings. The van der Waals surface area contributed by atoms with Gasteiger partial charge < -0.3 is 5.32 Å². The number of rotatable bonds is 3. The Kier molecular flexibility index (Phi) is 4.50. The predicted molar refractivity (Wildman–Crippen MR) is 70.5 cm³/mol. The van der Waals surface area contributed by atoms with Crippen molar-refractivity contribution in [3.05, 3.63) is 0 Å². The second-order valence-electron chi connectivity index (χ2n) is 5.05. The maximum absolute atomic E-state index is 11.8. The molecule has 2 saturated heterocycles. The smallest absolute Gasteiger partial charge is 0.235 e. The van der Waals surface area contributed by atoms with Gasteiger partial charge in [0.25, 0.3) is 0 Å². The van der Waals surface area contributed by atoms with Crippen LogP contribution in [0.15, 0.2) is 0 Å². The average Bonchev–Trinajstić information content (AvgIpc) is 2.65. The number of nitrogens with one attached hydrogen (secondary N) is 1. The van der Waals surface area contributed by atoms with E-state index in [4.69, 9.17) is 11.6 Å². The topological polar surface area (TPSA) is 66.5 Å². The molecule has 2 atom stereocenters. The van der Waals surface area contributed by atoms with Crippen LogP contribution in [-0.4, -0.2) is 61.8 Å². The van der Waals surface area contributed by atoms with Crippen LogP contribution in [0.2, 0.25) is 0 Å². The van der Waals surface area contributed by atoms with E-state index in [-0.39, 0.29) is 35.4 Å². The third kappa shape index (κ3) is 3.36. The first-order valence-corrected chi connectivity index (χ1v) is 8.67. The Balaban J connectivity index is 2.07. The lowest BCUT2D eigenvalue weighted by molar-refractivity contribution is -0.119. The molecule has 2 aliphatic heterocycles. The monoisotopic (exact) mass is 294 g/mol. The van der Waals surface area contributed by atoms with Gasteiger partial charge in [-0.25, -0.2) is 8.42 Å². The van der Waals surface area contributed by atoms with Crippen LogP contribution < -0.4 is 5.32 Å². The quantitative estimate of drug-likeness (QED) is 0.744. The van der Waals surface area contributed by atoms with E-state index in [2.05, 4.69) is 10.2 Å². The molecule has 2 heterocycles. The molecule has 2 rings (SSSR count). The number of likely N-dealkylation sites (tertiary alicyclic amines) is 1. The van der Waals surface area contributed by atoms with Crippen molar-refractivity contribution in [2.75, 3.05) is 30.5 Å². The average molecular weight is 295 g/mol. The van der Waals surface area contributed by atoms with Crippen LogP contribution in [0.3, 0.4) is 0 Å². The number of halogens is 1. The van der Waals surface area contributed by atoms with Crippen molar-refractivity contribution in [1.82, 2.24) is 10.2 Å². The second-order valence-corrected chi connectivity index (χ2v) is 7.47. The first kappa shape index (κ1) is 14.1. The molecule has 0 aliphatic carbocycles. The zero-order valence-electron chi connectivity index (χ0n) is 10.3. The summed E-state index contributed by atoms with van der Waals surface area (Å²) in [7, 11) is -3.05. The Labute approximate surface area is 113 Å². The number of piperidine rings is 1. The molecule has 1 amide bonds. The third-order valence-electron chi connectivity index (χ3n) is 3.65. The van der Waals surface area contributed by atoms with Crippen LogP contribution in [-0.2, 0) is 14.6 Å². The van der Waals surface area contributed by atoms with Gasteiger partial charge in [0, 0.05) is 6.04 Å². The lowest BCUT2D eigenvalue weighted by Crippen LogP contribution is -2.52. The number of nitrogens with zero attached hydrogens (tertiary/aromatic N) is 1. The lowest BCUT2D eigenvalue weighted by atomic mass is 10.1. The highest BCUT2D eigenvalue weighted by atomic mass is 35.5. The van der Waals surface area contributed by atoms with Gasteiger partial charge in [-0.1, -0.05) is 6.42 Å². The van der Waals surface area contributed by atoms with Crippen LogP contribution >= 0.6 is 11.6 Å². The molecule has 0 bridgehead atoms. The summed E-state index contributed by atoms with van der Waals surface area (Å²) in [6.45, 7) is 1.85. The Hall–Kier alpha value is -0.330. The van der Waals surface area contributed by atoms with Gasteiger partial charge in [-0.3, -0.25) is 9.69 Å². The number of alkyl halides is 1. The molecule has 0 aromatic heterocycles. The van der Waals surface area contributed by atoms with Gasteiger partial charge in [-0.2, -0.15) is 0 Å². The van der Waals surface area contributed by atoms with E-state index in [1.54, 1.807) is 0 Å². The number of carbonyl (C=O) groups excluding carboxylic acids is 1. The highest BCUT2D eigenvalue weighted by molar-refractivity contribution is 7.91. The van der Waals surface area contributed by atoms with Gasteiger partial charge in [0.15, 0.2) is 9.84 Å². The van der Waals surface area contributed by atoms with Crippen LogP contribution in [0.1, 0.15) is 19.3 Å². The second kappa shape index (κ2) is 5.75. The fourth-order valence-electron chi connectivity index (χ4n) is 2.82. The van der Waals surface area contributed by atoms with E-state index in [0.29, 0.717) is 0 Å². The van der Waals surface area contributed by atoms with Crippen molar-refractivity contribution in [3.8, 4) is 0 Å². The fourth-order valence-corrected chi connectivity index (χ4v) is 4.85. The minimum atomic E-state index is -3.05. The van der Waals surface area contributed by atoms with Crippen LogP contribution in [0.4, 0.5) is 0 Å². The molecular formula is C11H19ClN2O3S. The number of hydrogen-bond acceptors (Lipinski definition) is 4. The summed E-state index contributed by atoms with van der Waals surface area (Å²) in [5.74, 6) is -0.221. The molecule has 104 valence electrons. The van der Waals surface area contributed by atoms with Crippen molar-refractivity contribution in [2.24, 2.45) is 0 Å². The van der Waals surface area contributed by atoms with E-state index in [1.807, 2.05) is 0 Å². The molecular weight excluding hydrogens is 276 g/mol. The zero-order valence-corrected chi connectivity index (χ0v) is 11.8. The highest BCUT2D eigenvalue weighted by Gasteiger charge is 2.41. The summed E-state index contributed by atoms with van der Waals surface area (Å²) >= 11 is 5.46. The number of sulfone groups is 1. The Morgan fingerprint density at radius 2 is 1.89 bits per heavy atom. The minimum absolute atomic E-state index is 0.0385. The van der Waals surface area contributed by atoms with Crippen molar-refractivity contribution < 1.29 is 13.2 Å². The first-order chi connectivity index (χ1) is 8.52. The molecule has 0 aromatic rings. The normalized spacial score (nSPS) is 32.3. The minimum Gasteiger partial charge on any atom is -0.350 e. The number of amides is 1. The van der Waals surface area contributed by atoms with E-state index in [0.717, 1.165) is 25.9 Å². The molecule has 2 aliphatic rings. The summed E-state index contributed by atoms with van der Waals surface area (Å²) in [5, 5.41) is 2.74. The summed E-state index contributed by atoms with van der Waals surface area (Å²) in [5.41, 5.74) is 0. The van der Waals surface area contributed by atoms with E-state index < -0.39 is 9.84 Å². The van der Waals surface area contributed by atoms with Crippen LogP contribution in [0.25, 0.3) is 0 Å². The molecule has 0 unspecified atom stereocenters. The van der Waals surface area contributed by atoms with Gasteiger partial charge in [-0.05, 0) is 25.9 Å². The molecule has 7 heteroatoms. The van der Waals surface area contributed by atoms with Gasteiger partial charge in [-0.15, -0.1) is 11.6 Å². The van der Waals surface area contributed by atoms with Crippen LogP contribution in [0, 0.1) is 0 Å². The van der Waals surface area contributed by atoms with Crippen molar-refractivity contribution in [1.29, 1.82) is 0 Å². The first-order valence-electron chi connectivity index (χ1n) is 6.31. The largest absolute Gasteiger partial charge is 0.350 e. The standard InChI is InChI=1S/C11H19ClN2O3S/c12-6-11(15)13-9-7-18(16,17)8-10(9)14-4-2-1-3-5-14/h9-10H,1-8H2,(H,13,15)/t9-,10+/m1/s1. The number of hydrogen-bond donors (Lipinski definition) is 1. The maximum atomic E-state index is 11.8. The van der Waals surface area contributed by atoms with Gasteiger partial charge in [0.1, 0.15) is 5.88 Å². The molecule has 1 N–H and O–H groups in total. The predicted octanol–water partition coefficient (Wildman–Crippen LogP) is -0.00710. The molecule has 18 heavy (non-hydrogen) atoms. The molecule has 0 spiro atoms. The summed E-state index contributed by atoms with van der Waals surface area (Å²) < 4.78 is 23.5. The summed E-state index contributed by atoms with van der Waals surface area (Å²) in [6.07, 6.45) is 3.41. The van der Waals surface area contributed by atoms with Crippen molar-refractivity contribution in [2.45, 2.75) is 31.3 Å². The SMILES string of the molecule is O=C(CCl)N[C@@H]1CS(=O)(=O)C[C@@H]1N1CCCCC1. The Morgan fingerprint density at radius 3 is 2.50 bits per heavy atom. The fraction of sp³-hybridized carbons (Fsp3) is 0.909. The Bertz CT molecular complexity index is 407. The number of carbonyl (C=O) groups is 1. The van der Waals surface area contributed by atoms with E-state index in [9.17, 15) is 13.2 Å². The maximum Gasteiger partial charge on any atom is 0.235 e. The summed E-state index contributed by atoms with van der Waals surface area (Å²) in [6, 6.07) is -0.387. The van der Waals surface area contributed by atoms with Crippen LogP contribution in [0.5, 0.6) is 0 Å². The molecule has 0 saturated carbocycles.